The van der Waals surface area contributed by atoms with Gasteiger partial charge in [-0.15, -0.1) is 0 Å². The van der Waals surface area contributed by atoms with Crippen LogP contribution in [0.5, 0.6) is 0 Å². The first-order chi connectivity index (χ1) is 10.7. The van der Waals surface area contributed by atoms with E-state index in [-0.39, 0.29) is 5.91 Å². The van der Waals surface area contributed by atoms with Crippen molar-refractivity contribution < 1.29 is 4.79 Å². The molecule has 0 unspecified atom stereocenters. The van der Waals surface area contributed by atoms with Gasteiger partial charge in [0.05, 0.1) is 11.1 Å². The molecule has 3 heterocycles. The first kappa shape index (κ1) is 14.6. The van der Waals surface area contributed by atoms with E-state index < -0.39 is 0 Å². The molecule has 7 heteroatoms. The number of carbonyl (C=O) groups excluding carboxylic acids is 1. The lowest BCUT2D eigenvalue weighted by atomic mass is 10.2. The first-order valence-electron chi connectivity index (χ1n) is 6.36. The maximum atomic E-state index is 12.3. The van der Waals surface area contributed by atoms with Crippen molar-refractivity contribution >= 4 is 46.5 Å². The van der Waals surface area contributed by atoms with Gasteiger partial charge >= 0.3 is 0 Å². The van der Waals surface area contributed by atoms with Crippen LogP contribution in [0.3, 0.4) is 0 Å². The van der Waals surface area contributed by atoms with E-state index in [2.05, 4.69) is 15.1 Å². The van der Waals surface area contributed by atoms with Gasteiger partial charge < -0.3 is 0 Å². The van der Waals surface area contributed by atoms with Crippen molar-refractivity contribution in [2.75, 3.05) is 0 Å². The van der Waals surface area contributed by atoms with E-state index in [1.54, 1.807) is 43.1 Å². The average molecular weight is 326 g/mol. The van der Waals surface area contributed by atoms with Gasteiger partial charge in [0.15, 0.2) is 4.32 Å². The number of hydrazone groups is 1. The van der Waals surface area contributed by atoms with E-state index in [4.69, 9.17) is 12.2 Å². The van der Waals surface area contributed by atoms with Crippen LogP contribution in [0, 0.1) is 0 Å². The lowest BCUT2D eigenvalue weighted by Gasteiger charge is -2.05. The van der Waals surface area contributed by atoms with Crippen LogP contribution >= 0.6 is 24.0 Å². The number of thiocarbonyl (C=S) groups is 1. The van der Waals surface area contributed by atoms with Crippen LogP contribution in [0.2, 0.25) is 0 Å². The van der Waals surface area contributed by atoms with E-state index in [1.807, 2.05) is 18.2 Å². The van der Waals surface area contributed by atoms with Crippen LogP contribution in [0.25, 0.3) is 6.08 Å². The summed E-state index contributed by atoms with van der Waals surface area (Å²) in [5, 5.41) is 5.37. The third-order valence-corrected chi connectivity index (χ3v) is 4.05. The Labute approximate surface area is 136 Å². The number of nitrogens with zero attached hydrogens (tertiary/aromatic N) is 4. The molecule has 0 N–H and O–H groups in total. The third kappa shape index (κ3) is 3.26. The zero-order valence-electron chi connectivity index (χ0n) is 11.3. The Bertz CT molecular complexity index is 760. The Balaban J connectivity index is 1.80. The summed E-state index contributed by atoms with van der Waals surface area (Å²) in [4.78, 5) is 20.9. The summed E-state index contributed by atoms with van der Waals surface area (Å²) in [5.74, 6) is -0.237. The Hall–Kier alpha value is -2.38. The molecule has 0 atom stereocenters. The van der Waals surface area contributed by atoms with Crippen LogP contribution in [0.4, 0.5) is 0 Å². The van der Waals surface area contributed by atoms with E-state index in [1.165, 1.54) is 16.8 Å². The number of thioether (sulfide) groups is 1. The Morgan fingerprint density at radius 1 is 1.14 bits per heavy atom. The zero-order valence-corrected chi connectivity index (χ0v) is 12.9. The average Bonchev–Trinajstić information content (AvgIpc) is 2.81. The predicted octanol–water partition coefficient (Wildman–Crippen LogP) is 2.71. The zero-order chi connectivity index (χ0) is 15.4. The molecule has 0 bridgehead atoms. The lowest BCUT2D eigenvalue weighted by molar-refractivity contribution is -0.122. The summed E-state index contributed by atoms with van der Waals surface area (Å²) in [6, 6.07) is 7.33. The van der Waals surface area contributed by atoms with Crippen molar-refractivity contribution in [3.05, 3.63) is 65.1 Å². The van der Waals surface area contributed by atoms with Gasteiger partial charge in [0.2, 0.25) is 0 Å². The molecule has 108 valence electrons. The molecule has 1 aliphatic heterocycles. The van der Waals surface area contributed by atoms with Gasteiger partial charge in [-0.3, -0.25) is 14.8 Å². The highest BCUT2D eigenvalue weighted by Gasteiger charge is 2.31. The van der Waals surface area contributed by atoms with E-state index in [0.717, 1.165) is 11.1 Å². The van der Waals surface area contributed by atoms with E-state index in [0.29, 0.717) is 9.23 Å². The summed E-state index contributed by atoms with van der Waals surface area (Å²) < 4.78 is 0.403. The first-order valence-corrected chi connectivity index (χ1v) is 7.58. The molecule has 1 saturated heterocycles. The van der Waals surface area contributed by atoms with Gasteiger partial charge in [0.25, 0.3) is 5.91 Å². The molecular formula is C15H10N4OS2. The Kier molecular flexibility index (Phi) is 4.36. The fourth-order valence-corrected chi connectivity index (χ4v) is 2.92. The minimum absolute atomic E-state index is 0.237. The summed E-state index contributed by atoms with van der Waals surface area (Å²) in [6.45, 7) is 0. The topological polar surface area (TPSA) is 58.5 Å². The highest BCUT2D eigenvalue weighted by Crippen LogP contribution is 2.32. The largest absolute Gasteiger partial charge is 0.286 e. The molecule has 5 nitrogen and oxygen atoms in total. The van der Waals surface area contributed by atoms with Crippen LogP contribution in [-0.2, 0) is 4.79 Å². The molecule has 1 fully saturated rings. The van der Waals surface area contributed by atoms with Crippen molar-refractivity contribution in [3.8, 4) is 0 Å². The predicted molar refractivity (Wildman–Crippen MR) is 91.1 cm³/mol. The van der Waals surface area contributed by atoms with Crippen LogP contribution in [-0.4, -0.2) is 31.4 Å². The van der Waals surface area contributed by atoms with Crippen molar-refractivity contribution in [1.29, 1.82) is 0 Å². The lowest BCUT2D eigenvalue weighted by Crippen LogP contribution is -2.22. The fourth-order valence-electron chi connectivity index (χ4n) is 1.75. The molecule has 0 radical (unpaired) electrons. The minimum atomic E-state index is -0.237. The van der Waals surface area contributed by atoms with Gasteiger partial charge in [0.1, 0.15) is 0 Å². The van der Waals surface area contributed by atoms with Crippen LogP contribution in [0.1, 0.15) is 11.1 Å². The standard InChI is InChI=1S/C15H10N4OS2/c20-14-13(7-11-3-1-5-16-8-11)22-15(21)19(14)18-10-12-4-2-6-17-9-12/h1-10H/b13-7+,18-10-. The number of pyridine rings is 2. The second-order valence-electron chi connectivity index (χ2n) is 4.31. The molecule has 2 aromatic rings. The molecule has 3 rings (SSSR count). The number of hydrogen-bond donors (Lipinski definition) is 0. The van der Waals surface area contributed by atoms with E-state index >= 15 is 0 Å². The fraction of sp³-hybridized carbons (Fsp3) is 0. The van der Waals surface area contributed by atoms with Crippen molar-refractivity contribution in [2.45, 2.75) is 0 Å². The van der Waals surface area contributed by atoms with Gasteiger partial charge in [0, 0.05) is 30.4 Å². The second kappa shape index (κ2) is 6.59. The number of rotatable bonds is 3. The Morgan fingerprint density at radius 3 is 2.45 bits per heavy atom. The number of aromatic nitrogens is 2. The van der Waals surface area contributed by atoms with Crippen molar-refractivity contribution in [1.82, 2.24) is 15.0 Å². The molecule has 0 spiro atoms. The number of carbonyl (C=O) groups is 1. The summed E-state index contributed by atoms with van der Waals surface area (Å²) in [7, 11) is 0. The molecule has 2 aromatic heterocycles. The smallest absolute Gasteiger partial charge is 0.266 e. The highest BCUT2D eigenvalue weighted by atomic mass is 32.2. The van der Waals surface area contributed by atoms with Gasteiger partial charge in [-0.2, -0.15) is 10.1 Å². The Morgan fingerprint density at radius 2 is 1.82 bits per heavy atom. The van der Waals surface area contributed by atoms with Gasteiger partial charge in [-0.1, -0.05) is 23.9 Å². The highest BCUT2D eigenvalue weighted by molar-refractivity contribution is 8.26. The molecule has 0 aromatic carbocycles. The molecule has 22 heavy (non-hydrogen) atoms. The third-order valence-electron chi connectivity index (χ3n) is 2.76. The van der Waals surface area contributed by atoms with Crippen molar-refractivity contribution in [3.63, 3.8) is 0 Å². The molecule has 1 aliphatic rings. The van der Waals surface area contributed by atoms with Crippen LogP contribution in [0.15, 0.2) is 59.1 Å². The molecule has 0 aliphatic carbocycles. The minimum Gasteiger partial charge on any atom is -0.266 e. The number of hydrogen-bond acceptors (Lipinski definition) is 6. The molecular weight excluding hydrogens is 316 g/mol. The van der Waals surface area contributed by atoms with E-state index in [9.17, 15) is 4.79 Å². The molecule has 0 saturated carbocycles. The SMILES string of the molecule is O=C1/C(=C\c2cccnc2)SC(=S)N1/N=C\c1cccnc1. The summed E-state index contributed by atoms with van der Waals surface area (Å²) in [6.07, 6.45) is 10.0. The number of amides is 1. The molecule has 1 amide bonds. The maximum Gasteiger partial charge on any atom is 0.286 e. The summed E-state index contributed by atoms with van der Waals surface area (Å²) >= 11 is 6.43. The second-order valence-corrected chi connectivity index (χ2v) is 5.99. The monoisotopic (exact) mass is 326 g/mol. The summed E-state index contributed by atoms with van der Waals surface area (Å²) in [5.41, 5.74) is 1.65. The quantitative estimate of drug-likeness (QED) is 0.493. The van der Waals surface area contributed by atoms with Crippen molar-refractivity contribution in [2.24, 2.45) is 5.10 Å². The normalized spacial score (nSPS) is 16.9. The van der Waals surface area contributed by atoms with Gasteiger partial charge in [-0.25, -0.2) is 0 Å². The maximum absolute atomic E-state index is 12.3. The van der Waals surface area contributed by atoms with Crippen LogP contribution < -0.4 is 0 Å². The van der Waals surface area contributed by atoms with Gasteiger partial charge in [-0.05, 0) is 36.0 Å².